The molecule has 43 heavy (non-hydrogen) atoms. The molecule has 0 spiro atoms. The Morgan fingerprint density at radius 1 is 1.09 bits per heavy atom. The monoisotopic (exact) mass is 591 g/mol. The highest BCUT2D eigenvalue weighted by molar-refractivity contribution is 6.07. The molecule has 2 atom stereocenters. The number of nitrogens with zero attached hydrogens (tertiary/aromatic N) is 5. The van der Waals surface area contributed by atoms with E-state index in [-0.39, 0.29) is 46.1 Å². The van der Waals surface area contributed by atoms with Gasteiger partial charge in [0.1, 0.15) is 28.4 Å². The summed E-state index contributed by atoms with van der Waals surface area (Å²) in [5.74, 6) is 0.176. The van der Waals surface area contributed by atoms with Gasteiger partial charge in [-0.1, -0.05) is 11.2 Å². The fourth-order valence-corrected chi connectivity index (χ4v) is 4.52. The first-order valence-electron chi connectivity index (χ1n) is 13.6. The average molecular weight is 592 g/mol. The van der Waals surface area contributed by atoms with Crippen molar-refractivity contribution in [3.8, 4) is 11.7 Å². The number of nitrogens with one attached hydrogen (secondary N) is 2. The molecule has 2 N–H and O–H groups in total. The Morgan fingerprint density at radius 3 is 2.56 bits per heavy atom. The number of fused-ring (bicyclic) bond motifs is 1. The zero-order valence-corrected chi connectivity index (χ0v) is 24.7. The van der Waals surface area contributed by atoms with Crippen LogP contribution in [0.3, 0.4) is 0 Å². The summed E-state index contributed by atoms with van der Waals surface area (Å²) in [5, 5.41) is 9.98. The second-order valence-electron chi connectivity index (χ2n) is 11.0. The maximum atomic E-state index is 13.5. The lowest BCUT2D eigenvalue weighted by Gasteiger charge is -2.35. The first-order valence-corrected chi connectivity index (χ1v) is 13.6. The van der Waals surface area contributed by atoms with Gasteiger partial charge in [0.15, 0.2) is 5.52 Å². The maximum Gasteiger partial charge on any atom is 0.414 e. The molecule has 2 amide bonds. The van der Waals surface area contributed by atoms with Crippen molar-refractivity contribution in [1.82, 2.24) is 25.0 Å². The largest absolute Gasteiger partial charge is 0.481 e. The number of carbonyl (C=O) groups excluding carboxylic acids is 2. The van der Waals surface area contributed by atoms with E-state index in [1.54, 1.807) is 64.4 Å². The summed E-state index contributed by atoms with van der Waals surface area (Å²) in [6, 6.07) is 9.64. The zero-order valence-electron chi connectivity index (χ0n) is 24.7. The Bertz CT molecular complexity index is 1720. The highest BCUT2D eigenvalue weighted by atomic mass is 16.6. The van der Waals surface area contributed by atoms with Crippen molar-refractivity contribution < 1.29 is 28.3 Å². The van der Waals surface area contributed by atoms with Crippen LogP contribution in [0.25, 0.3) is 16.9 Å². The number of pyridine rings is 3. The van der Waals surface area contributed by atoms with Crippen molar-refractivity contribution in [2.24, 2.45) is 0 Å². The van der Waals surface area contributed by atoms with Gasteiger partial charge in [-0.25, -0.2) is 9.78 Å². The summed E-state index contributed by atoms with van der Waals surface area (Å²) in [7, 11) is 4.58. The number of hydrogen-bond acceptors (Lipinski definition) is 11. The second-order valence-corrected chi connectivity index (χ2v) is 11.0. The van der Waals surface area contributed by atoms with Gasteiger partial charge in [-0.15, -0.1) is 0 Å². The lowest BCUT2D eigenvalue weighted by Crippen LogP contribution is -2.51. The molecule has 0 bridgehead atoms. The number of anilines is 3. The summed E-state index contributed by atoms with van der Waals surface area (Å²) < 4.78 is 22.9. The van der Waals surface area contributed by atoms with Crippen LogP contribution in [0.15, 0.2) is 51.9 Å². The summed E-state index contributed by atoms with van der Waals surface area (Å²) in [4.78, 5) is 49.9. The molecule has 1 saturated carbocycles. The van der Waals surface area contributed by atoms with Crippen molar-refractivity contribution in [1.29, 1.82) is 0 Å². The molecule has 5 rings (SSSR count). The third kappa shape index (κ3) is 6.14. The van der Waals surface area contributed by atoms with E-state index < -0.39 is 23.2 Å². The molecular weight excluding hydrogens is 558 g/mol. The van der Waals surface area contributed by atoms with Crippen LogP contribution < -0.4 is 25.8 Å². The van der Waals surface area contributed by atoms with Gasteiger partial charge in [0.2, 0.25) is 11.6 Å². The fraction of sp³-hybridized carbons (Fsp3) is 0.379. The van der Waals surface area contributed by atoms with Crippen LogP contribution in [0.2, 0.25) is 0 Å². The maximum absolute atomic E-state index is 13.5. The number of carbonyl (C=O) groups is 2. The Morgan fingerprint density at radius 2 is 1.88 bits per heavy atom. The van der Waals surface area contributed by atoms with Gasteiger partial charge in [-0.2, -0.15) is 4.98 Å². The van der Waals surface area contributed by atoms with E-state index in [4.69, 9.17) is 18.7 Å². The summed E-state index contributed by atoms with van der Waals surface area (Å²) in [6.45, 7) is 5.24. The molecule has 4 aromatic rings. The van der Waals surface area contributed by atoms with E-state index in [0.717, 1.165) is 12.8 Å². The molecule has 226 valence electrons. The molecule has 0 unspecified atom stereocenters. The lowest BCUT2D eigenvalue weighted by atomic mass is 9.89. The number of rotatable bonds is 8. The molecule has 14 nitrogen and oxygen atoms in total. The predicted octanol–water partition coefficient (Wildman–Crippen LogP) is 3.80. The van der Waals surface area contributed by atoms with Crippen LogP contribution in [0.5, 0.6) is 5.88 Å². The summed E-state index contributed by atoms with van der Waals surface area (Å²) >= 11 is 0. The Balaban J connectivity index is 1.56. The van der Waals surface area contributed by atoms with Gasteiger partial charge in [-0.3, -0.25) is 19.1 Å². The Kier molecular flexibility index (Phi) is 8.04. The zero-order chi connectivity index (χ0) is 30.9. The quantitative estimate of drug-likeness (QED) is 0.306. The van der Waals surface area contributed by atoms with Crippen LogP contribution in [-0.2, 0) is 9.47 Å². The van der Waals surface area contributed by atoms with Gasteiger partial charge < -0.3 is 29.4 Å². The van der Waals surface area contributed by atoms with Crippen LogP contribution >= 0.6 is 0 Å². The molecule has 0 aliphatic heterocycles. The third-order valence-corrected chi connectivity index (χ3v) is 6.86. The highest BCUT2D eigenvalue weighted by Crippen LogP contribution is 2.32. The van der Waals surface area contributed by atoms with Gasteiger partial charge in [0.25, 0.3) is 11.5 Å². The van der Waals surface area contributed by atoms with Crippen molar-refractivity contribution >= 4 is 40.2 Å². The fourth-order valence-electron chi connectivity index (χ4n) is 4.52. The second kappa shape index (κ2) is 11.7. The molecular formula is C29H33N7O7. The predicted molar refractivity (Wildman–Crippen MR) is 157 cm³/mol. The smallest absolute Gasteiger partial charge is 0.414 e. The van der Waals surface area contributed by atoms with Crippen molar-refractivity contribution in [3.63, 3.8) is 0 Å². The molecule has 1 aliphatic rings. The Labute approximate surface area is 246 Å². The average Bonchev–Trinajstić information content (AvgIpc) is 3.39. The normalized spacial score (nSPS) is 16.3. The van der Waals surface area contributed by atoms with Gasteiger partial charge in [0, 0.05) is 32.5 Å². The van der Waals surface area contributed by atoms with E-state index in [9.17, 15) is 14.4 Å². The molecule has 14 heteroatoms. The molecule has 0 radical (unpaired) electrons. The van der Waals surface area contributed by atoms with Gasteiger partial charge in [-0.05, 0) is 51.8 Å². The molecule has 4 aromatic heterocycles. The number of amides is 2. The minimum absolute atomic E-state index is 0.0897. The van der Waals surface area contributed by atoms with E-state index in [1.807, 2.05) is 0 Å². The van der Waals surface area contributed by atoms with E-state index >= 15 is 0 Å². The molecule has 0 saturated heterocycles. The number of aromatic nitrogens is 4. The van der Waals surface area contributed by atoms with Crippen molar-refractivity contribution in [2.75, 3.05) is 31.5 Å². The molecule has 1 fully saturated rings. The molecule has 1 aliphatic carbocycles. The van der Waals surface area contributed by atoms with E-state index in [1.165, 1.54) is 29.7 Å². The first-order chi connectivity index (χ1) is 20.5. The molecule has 4 heterocycles. The van der Waals surface area contributed by atoms with Gasteiger partial charge >= 0.3 is 6.09 Å². The van der Waals surface area contributed by atoms with Crippen LogP contribution in [0, 0.1) is 0 Å². The summed E-state index contributed by atoms with van der Waals surface area (Å²) in [6.07, 6.45) is 2.39. The SMILES string of the molecule is COc1cccc(-n2cccc(Nc3cc(N(C)C(=O)OC(C)(C)C)c4noc(C(=O)N[C@@H]5CC[C@H]5OC)c4n3)c2=O)n1. The van der Waals surface area contributed by atoms with E-state index in [2.05, 4.69) is 25.8 Å². The van der Waals surface area contributed by atoms with Crippen LogP contribution in [0.4, 0.5) is 22.0 Å². The first kappa shape index (κ1) is 29.5. The van der Waals surface area contributed by atoms with Crippen molar-refractivity contribution in [3.05, 3.63) is 58.7 Å². The van der Waals surface area contributed by atoms with Gasteiger partial charge in [0.05, 0.1) is 24.9 Å². The van der Waals surface area contributed by atoms with E-state index in [0.29, 0.717) is 11.7 Å². The third-order valence-electron chi connectivity index (χ3n) is 6.86. The van der Waals surface area contributed by atoms with Crippen molar-refractivity contribution in [2.45, 2.75) is 51.4 Å². The van der Waals surface area contributed by atoms with Crippen LogP contribution in [0.1, 0.15) is 44.2 Å². The topological polar surface area (TPSA) is 163 Å². The minimum Gasteiger partial charge on any atom is -0.481 e. The Hall–Kier alpha value is -4.98. The van der Waals surface area contributed by atoms with Crippen LogP contribution in [-0.4, -0.2) is 70.7 Å². The number of ether oxygens (including phenoxy) is 3. The molecule has 0 aromatic carbocycles. The number of hydrogen-bond donors (Lipinski definition) is 2. The number of methoxy groups -OCH3 is 2. The summed E-state index contributed by atoms with van der Waals surface area (Å²) in [5.41, 5.74) is -0.541. The lowest BCUT2D eigenvalue weighted by molar-refractivity contribution is 0.00677. The standard InChI is InChI=1S/C29H33N7O7/c1-29(2,3)42-28(39)35(4)18-15-20(30-17-9-8-14-36(27(17)38)21-10-7-11-22(33-21)41-6)32-24-23(18)34-43-25(24)26(37)31-16-12-13-19(16)40-5/h7-11,14-16,19H,12-13H2,1-6H3,(H,30,32)(H,31,37)/t16-,19-/m1/s1. The minimum atomic E-state index is -0.766. The highest BCUT2D eigenvalue weighted by Gasteiger charge is 2.34.